The molecule has 0 saturated carbocycles. The van der Waals surface area contributed by atoms with Crippen LogP contribution in [0, 0.1) is 5.92 Å². The smallest absolute Gasteiger partial charge is 0.169 e. The van der Waals surface area contributed by atoms with Crippen molar-refractivity contribution in [3.63, 3.8) is 0 Å². The molecule has 0 bridgehead atoms. The van der Waals surface area contributed by atoms with Gasteiger partial charge in [-0.3, -0.25) is 0 Å². The fourth-order valence-corrected chi connectivity index (χ4v) is 2.51. The summed E-state index contributed by atoms with van der Waals surface area (Å²) in [6.07, 6.45) is 11.1. The van der Waals surface area contributed by atoms with Gasteiger partial charge in [-0.15, -0.1) is 0 Å². The fourth-order valence-electron chi connectivity index (χ4n) is 2.51. The molecule has 0 saturated heterocycles. The summed E-state index contributed by atoms with van der Waals surface area (Å²) in [5, 5.41) is 0. The van der Waals surface area contributed by atoms with Gasteiger partial charge in [-0.1, -0.05) is 40.5 Å². The summed E-state index contributed by atoms with van der Waals surface area (Å²) in [4.78, 5) is 0. The number of hydrogen-bond acceptors (Lipinski definition) is 0. The first-order chi connectivity index (χ1) is 8.63. The van der Waals surface area contributed by atoms with E-state index in [-0.39, 0.29) is 0 Å². The summed E-state index contributed by atoms with van der Waals surface area (Å²) in [6, 6.07) is 4.60. The van der Waals surface area contributed by atoms with Crippen molar-refractivity contribution in [1.82, 2.24) is 0 Å². The third kappa shape index (κ3) is 5.66. The van der Waals surface area contributed by atoms with Crippen LogP contribution in [0.25, 0.3) is 0 Å². The van der Waals surface area contributed by atoms with Gasteiger partial charge in [-0.05, 0) is 30.2 Å². The van der Waals surface area contributed by atoms with E-state index in [1.165, 1.54) is 44.2 Å². The fraction of sp³-hybridized carbons (Fsp3) is 0.706. The van der Waals surface area contributed by atoms with Crippen LogP contribution in [0.15, 0.2) is 24.5 Å². The maximum absolute atomic E-state index is 2.33. The molecule has 0 radical (unpaired) electrons. The predicted molar refractivity (Wildman–Crippen MR) is 78.6 cm³/mol. The standard InChI is InChI=1S/C17H30N/c1-5-6-7-8-11-18-12-9-17(10-13-18)16(4)14-15(2)3/h9-10,12-13,15-16H,5-8,11,14H2,1-4H3/q+1. The normalized spacial score (nSPS) is 12.9. The van der Waals surface area contributed by atoms with E-state index >= 15 is 0 Å². The number of nitrogens with zero attached hydrogens (tertiary/aromatic N) is 1. The van der Waals surface area contributed by atoms with E-state index in [4.69, 9.17) is 0 Å². The molecule has 1 atom stereocenters. The molecule has 102 valence electrons. The van der Waals surface area contributed by atoms with Gasteiger partial charge in [0.1, 0.15) is 6.54 Å². The van der Waals surface area contributed by atoms with Crippen molar-refractivity contribution in [2.45, 2.75) is 72.3 Å². The molecule has 0 spiro atoms. The molecule has 1 heteroatoms. The Bertz CT molecular complexity index is 313. The molecule has 0 aliphatic carbocycles. The number of hydrogen-bond donors (Lipinski definition) is 0. The van der Waals surface area contributed by atoms with E-state index in [2.05, 4.69) is 56.8 Å². The molecule has 0 fully saturated rings. The monoisotopic (exact) mass is 248 g/mol. The van der Waals surface area contributed by atoms with Gasteiger partial charge in [0.25, 0.3) is 0 Å². The number of pyridine rings is 1. The van der Waals surface area contributed by atoms with Gasteiger partial charge >= 0.3 is 0 Å². The van der Waals surface area contributed by atoms with Crippen LogP contribution >= 0.6 is 0 Å². The lowest BCUT2D eigenvalue weighted by Crippen LogP contribution is -2.32. The van der Waals surface area contributed by atoms with Crippen LogP contribution in [-0.4, -0.2) is 0 Å². The van der Waals surface area contributed by atoms with E-state index in [1.807, 2.05) is 0 Å². The van der Waals surface area contributed by atoms with Crippen molar-refractivity contribution in [1.29, 1.82) is 0 Å². The summed E-state index contributed by atoms with van der Waals surface area (Å²) in [5.74, 6) is 1.46. The first-order valence-electron chi connectivity index (χ1n) is 7.62. The lowest BCUT2D eigenvalue weighted by Gasteiger charge is -2.13. The first kappa shape index (κ1) is 15.2. The Morgan fingerprint density at radius 2 is 1.67 bits per heavy atom. The van der Waals surface area contributed by atoms with Crippen LogP contribution in [0.1, 0.15) is 71.3 Å². The van der Waals surface area contributed by atoms with E-state index < -0.39 is 0 Å². The predicted octanol–water partition coefficient (Wildman–Crippen LogP) is 4.70. The summed E-state index contributed by atoms with van der Waals surface area (Å²) < 4.78 is 2.32. The highest BCUT2D eigenvalue weighted by Crippen LogP contribution is 2.21. The van der Waals surface area contributed by atoms with Gasteiger partial charge < -0.3 is 0 Å². The van der Waals surface area contributed by atoms with Crippen LogP contribution in [0.4, 0.5) is 0 Å². The third-order valence-electron chi connectivity index (χ3n) is 3.58. The van der Waals surface area contributed by atoms with Gasteiger partial charge in [-0.2, -0.15) is 0 Å². The molecule has 18 heavy (non-hydrogen) atoms. The Morgan fingerprint density at radius 1 is 1.00 bits per heavy atom. The van der Waals surface area contributed by atoms with Crippen LogP contribution in [-0.2, 0) is 6.54 Å². The lowest BCUT2D eigenvalue weighted by molar-refractivity contribution is -0.697. The number of unbranched alkanes of at least 4 members (excludes halogenated alkanes) is 3. The second-order valence-corrected chi connectivity index (χ2v) is 5.96. The van der Waals surface area contributed by atoms with Gasteiger partial charge in [-0.25, -0.2) is 4.57 Å². The molecule has 0 amide bonds. The van der Waals surface area contributed by atoms with Crippen molar-refractivity contribution in [3.05, 3.63) is 30.1 Å². The number of aryl methyl sites for hydroxylation is 1. The maximum atomic E-state index is 2.33. The Hall–Kier alpha value is -0.850. The molecule has 1 heterocycles. The highest BCUT2D eigenvalue weighted by atomic mass is 14.9. The quantitative estimate of drug-likeness (QED) is 0.463. The van der Waals surface area contributed by atoms with Crippen molar-refractivity contribution in [2.24, 2.45) is 5.92 Å². The highest BCUT2D eigenvalue weighted by Gasteiger charge is 2.09. The zero-order valence-electron chi connectivity index (χ0n) is 12.7. The molecule has 1 nitrogen and oxygen atoms in total. The summed E-state index contributed by atoms with van der Waals surface area (Å²) in [6.45, 7) is 10.4. The van der Waals surface area contributed by atoms with Crippen LogP contribution in [0.3, 0.4) is 0 Å². The van der Waals surface area contributed by atoms with Crippen LogP contribution < -0.4 is 4.57 Å². The Labute approximate surface area is 113 Å². The molecule has 0 aromatic carbocycles. The van der Waals surface area contributed by atoms with Crippen molar-refractivity contribution >= 4 is 0 Å². The van der Waals surface area contributed by atoms with Crippen molar-refractivity contribution in [3.8, 4) is 0 Å². The average Bonchev–Trinajstić information content (AvgIpc) is 2.34. The second-order valence-electron chi connectivity index (χ2n) is 5.96. The topological polar surface area (TPSA) is 3.88 Å². The highest BCUT2D eigenvalue weighted by molar-refractivity contribution is 5.12. The van der Waals surface area contributed by atoms with Crippen LogP contribution in [0.2, 0.25) is 0 Å². The molecular formula is C17H30N+. The van der Waals surface area contributed by atoms with Gasteiger partial charge in [0, 0.05) is 18.6 Å². The first-order valence-corrected chi connectivity index (χ1v) is 7.62. The minimum atomic E-state index is 0.680. The zero-order chi connectivity index (χ0) is 13.4. The Kier molecular flexibility index (Phi) is 7.00. The van der Waals surface area contributed by atoms with E-state index in [0.717, 1.165) is 5.92 Å². The average molecular weight is 248 g/mol. The Balaban J connectivity index is 2.42. The third-order valence-corrected chi connectivity index (χ3v) is 3.58. The van der Waals surface area contributed by atoms with Crippen LogP contribution in [0.5, 0.6) is 0 Å². The maximum Gasteiger partial charge on any atom is 0.169 e. The SMILES string of the molecule is CCCCCC[n+]1ccc(C(C)CC(C)C)cc1. The van der Waals surface area contributed by atoms with Gasteiger partial charge in [0.15, 0.2) is 12.4 Å². The molecule has 0 aliphatic rings. The number of rotatable bonds is 8. The minimum absolute atomic E-state index is 0.680. The zero-order valence-corrected chi connectivity index (χ0v) is 12.7. The van der Waals surface area contributed by atoms with Gasteiger partial charge in [0.05, 0.1) is 0 Å². The van der Waals surface area contributed by atoms with E-state index in [0.29, 0.717) is 5.92 Å². The van der Waals surface area contributed by atoms with E-state index in [1.54, 1.807) is 0 Å². The molecule has 0 N–H and O–H groups in total. The largest absolute Gasteiger partial charge is 0.205 e. The molecular weight excluding hydrogens is 218 g/mol. The molecule has 1 unspecified atom stereocenters. The van der Waals surface area contributed by atoms with E-state index in [9.17, 15) is 0 Å². The number of aromatic nitrogens is 1. The molecule has 1 aromatic rings. The molecule has 1 rings (SSSR count). The van der Waals surface area contributed by atoms with Gasteiger partial charge in [0.2, 0.25) is 0 Å². The summed E-state index contributed by atoms with van der Waals surface area (Å²) >= 11 is 0. The lowest BCUT2D eigenvalue weighted by atomic mass is 9.93. The minimum Gasteiger partial charge on any atom is -0.205 e. The van der Waals surface area contributed by atoms with Crippen molar-refractivity contribution in [2.75, 3.05) is 0 Å². The summed E-state index contributed by atoms with van der Waals surface area (Å²) in [5.41, 5.74) is 1.48. The second kappa shape index (κ2) is 8.29. The van der Waals surface area contributed by atoms with Crippen molar-refractivity contribution < 1.29 is 4.57 Å². The molecule has 1 aromatic heterocycles. The molecule has 0 aliphatic heterocycles. The Morgan fingerprint density at radius 3 is 2.22 bits per heavy atom. The summed E-state index contributed by atoms with van der Waals surface area (Å²) in [7, 11) is 0.